The van der Waals surface area contributed by atoms with Crippen molar-refractivity contribution in [1.29, 1.82) is 0 Å². The van der Waals surface area contributed by atoms with Crippen LogP contribution in [0.2, 0.25) is 0 Å². The van der Waals surface area contributed by atoms with Crippen LogP contribution in [0.3, 0.4) is 0 Å². The van der Waals surface area contributed by atoms with Gasteiger partial charge in [-0.05, 0) is 51.1 Å². The molecule has 0 radical (unpaired) electrons. The zero-order valence-electron chi connectivity index (χ0n) is 19.9. The number of hydrogen-bond donors (Lipinski definition) is 0. The van der Waals surface area contributed by atoms with Gasteiger partial charge < -0.3 is 19.1 Å². The van der Waals surface area contributed by atoms with Gasteiger partial charge in [0.05, 0.1) is 17.7 Å². The van der Waals surface area contributed by atoms with Gasteiger partial charge in [0.2, 0.25) is 11.9 Å². The second kappa shape index (κ2) is 9.81. The van der Waals surface area contributed by atoms with Gasteiger partial charge in [0.1, 0.15) is 18.0 Å². The molecule has 35 heavy (non-hydrogen) atoms. The Hall–Kier alpha value is -3.82. The summed E-state index contributed by atoms with van der Waals surface area (Å²) in [6.07, 6.45) is 2.46. The fourth-order valence-corrected chi connectivity index (χ4v) is 3.88. The molecule has 1 aliphatic heterocycles. The predicted octanol–water partition coefficient (Wildman–Crippen LogP) is 3.97. The molecule has 1 saturated heterocycles. The summed E-state index contributed by atoms with van der Waals surface area (Å²) in [5, 5.41) is 0. The van der Waals surface area contributed by atoms with Gasteiger partial charge in [-0.15, -0.1) is 0 Å². The number of carbonyl (C=O) groups excluding carboxylic acids is 2. The van der Waals surface area contributed by atoms with Crippen molar-refractivity contribution in [3.63, 3.8) is 0 Å². The van der Waals surface area contributed by atoms with Crippen LogP contribution in [0.15, 0.2) is 48.9 Å². The SMILES string of the molecule is CC(C)(C)OC(=O)N1CCN(C(=O)Cn2cnc(-c3ccc(F)cc3)c2-c2ccnc(F)c2)CC1. The maximum Gasteiger partial charge on any atom is 0.410 e. The number of amides is 2. The van der Waals surface area contributed by atoms with Gasteiger partial charge in [0.25, 0.3) is 0 Å². The molecular weight excluding hydrogens is 456 g/mol. The van der Waals surface area contributed by atoms with Crippen molar-refractivity contribution in [3.05, 3.63) is 60.7 Å². The van der Waals surface area contributed by atoms with Gasteiger partial charge in [0.15, 0.2) is 0 Å². The van der Waals surface area contributed by atoms with E-state index in [0.29, 0.717) is 48.7 Å². The van der Waals surface area contributed by atoms with E-state index in [4.69, 9.17) is 4.74 Å². The summed E-state index contributed by atoms with van der Waals surface area (Å²) in [7, 11) is 0. The third kappa shape index (κ3) is 5.82. The number of piperazine rings is 1. The van der Waals surface area contributed by atoms with E-state index in [9.17, 15) is 18.4 Å². The van der Waals surface area contributed by atoms with E-state index >= 15 is 0 Å². The van der Waals surface area contributed by atoms with Gasteiger partial charge in [-0.1, -0.05) is 0 Å². The molecule has 0 saturated carbocycles. The highest BCUT2D eigenvalue weighted by molar-refractivity contribution is 5.82. The molecule has 4 rings (SSSR count). The Morgan fingerprint density at radius 3 is 2.23 bits per heavy atom. The number of ether oxygens (including phenoxy) is 1. The van der Waals surface area contributed by atoms with Crippen molar-refractivity contribution in [1.82, 2.24) is 24.3 Å². The fourth-order valence-electron chi connectivity index (χ4n) is 3.88. The maximum atomic E-state index is 13.9. The first kappa shape index (κ1) is 24.3. The lowest BCUT2D eigenvalue weighted by Gasteiger charge is -2.35. The molecule has 1 aliphatic rings. The number of imidazole rings is 1. The molecule has 0 N–H and O–H groups in total. The van der Waals surface area contributed by atoms with Crippen LogP contribution in [-0.2, 0) is 16.1 Å². The van der Waals surface area contributed by atoms with E-state index in [2.05, 4.69) is 9.97 Å². The number of pyridine rings is 1. The molecule has 1 aromatic carbocycles. The maximum absolute atomic E-state index is 13.9. The van der Waals surface area contributed by atoms with E-state index < -0.39 is 17.6 Å². The Morgan fingerprint density at radius 2 is 1.60 bits per heavy atom. The summed E-state index contributed by atoms with van der Waals surface area (Å²) < 4.78 is 34.4. The molecule has 1 fully saturated rings. The number of aromatic nitrogens is 3. The molecule has 0 atom stereocenters. The van der Waals surface area contributed by atoms with Crippen molar-refractivity contribution in [2.24, 2.45) is 0 Å². The van der Waals surface area contributed by atoms with Gasteiger partial charge >= 0.3 is 6.09 Å². The molecule has 2 amide bonds. The van der Waals surface area contributed by atoms with Crippen molar-refractivity contribution >= 4 is 12.0 Å². The van der Waals surface area contributed by atoms with Crippen LogP contribution in [0.1, 0.15) is 20.8 Å². The summed E-state index contributed by atoms with van der Waals surface area (Å²) in [5.74, 6) is -1.21. The van der Waals surface area contributed by atoms with E-state index in [1.165, 1.54) is 30.7 Å². The van der Waals surface area contributed by atoms with Crippen LogP contribution in [0.5, 0.6) is 0 Å². The van der Waals surface area contributed by atoms with Crippen LogP contribution in [0.25, 0.3) is 22.5 Å². The summed E-state index contributed by atoms with van der Waals surface area (Å²) in [4.78, 5) is 36.7. The standard InChI is InChI=1S/C25H27F2N5O3/c1-25(2,3)35-24(34)31-12-10-30(11-13-31)21(33)15-32-16-29-22(17-4-6-19(26)7-5-17)23(32)18-8-9-28-20(27)14-18/h4-9,14,16H,10-13,15H2,1-3H3. The van der Waals surface area contributed by atoms with Crippen LogP contribution < -0.4 is 0 Å². The van der Waals surface area contributed by atoms with Crippen LogP contribution in [0, 0.1) is 11.8 Å². The number of carbonyl (C=O) groups is 2. The smallest absolute Gasteiger partial charge is 0.410 e. The highest BCUT2D eigenvalue weighted by Crippen LogP contribution is 2.31. The summed E-state index contributed by atoms with van der Waals surface area (Å²) in [5.41, 5.74) is 1.57. The topological polar surface area (TPSA) is 80.6 Å². The van der Waals surface area contributed by atoms with Crippen molar-refractivity contribution in [2.45, 2.75) is 32.9 Å². The molecule has 0 aliphatic carbocycles. The minimum atomic E-state index is -0.662. The lowest BCUT2D eigenvalue weighted by Crippen LogP contribution is -2.52. The molecule has 184 valence electrons. The Kier molecular flexibility index (Phi) is 6.81. The quantitative estimate of drug-likeness (QED) is 0.525. The van der Waals surface area contributed by atoms with Gasteiger partial charge in [0, 0.05) is 49.6 Å². The first-order valence-electron chi connectivity index (χ1n) is 11.3. The average molecular weight is 484 g/mol. The largest absolute Gasteiger partial charge is 0.444 e. The Morgan fingerprint density at radius 1 is 0.943 bits per heavy atom. The Labute approximate surface area is 202 Å². The summed E-state index contributed by atoms with van der Waals surface area (Å²) in [6.45, 7) is 6.88. The fraction of sp³-hybridized carbons (Fsp3) is 0.360. The number of nitrogens with zero attached hydrogens (tertiary/aromatic N) is 5. The monoisotopic (exact) mass is 483 g/mol. The van der Waals surface area contributed by atoms with Crippen LogP contribution in [-0.4, -0.2) is 68.1 Å². The first-order valence-corrected chi connectivity index (χ1v) is 11.3. The molecule has 0 unspecified atom stereocenters. The predicted molar refractivity (Wildman–Crippen MR) is 125 cm³/mol. The second-order valence-corrected chi connectivity index (χ2v) is 9.29. The number of hydrogen-bond acceptors (Lipinski definition) is 5. The molecule has 3 heterocycles. The minimum Gasteiger partial charge on any atom is -0.444 e. The van der Waals surface area contributed by atoms with E-state index in [1.54, 1.807) is 32.6 Å². The van der Waals surface area contributed by atoms with Crippen LogP contribution in [0.4, 0.5) is 13.6 Å². The second-order valence-electron chi connectivity index (χ2n) is 9.29. The van der Waals surface area contributed by atoms with Gasteiger partial charge in [-0.3, -0.25) is 4.79 Å². The van der Waals surface area contributed by atoms with Crippen molar-refractivity contribution < 1.29 is 23.1 Å². The van der Waals surface area contributed by atoms with E-state index in [-0.39, 0.29) is 18.3 Å². The normalized spacial score (nSPS) is 14.2. The summed E-state index contributed by atoms with van der Waals surface area (Å²) in [6, 6.07) is 8.71. The zero-order valence-corrected chi connectivity index (χ0v) is 19.9. The lowest BCUT2D eigenvalue weighted by atomic mass is 10.1. The summed E-state index contributed by atoms with van der Waals surface area (Å²) >= 11 is 0. The van der Waals surface area contributed by atoms with Gasteiger partial charge in [-0.2, -0.15) is 4.39 Å². The molecule has 0 spiro atoms. The Bertz CT molecular complexity index is 1210. The minimum absolute atomic E-state index is 0.0279. The number of halogens is 2. The number of benzene rings is 1. The molecule has 3 aromatic rings. The highest BCUT2D eigenvalue weighted by Gasteiger charge is 2.28. The van der Waals surface area contributed by atoms with Crippen LogP contribution >= 0.6 is 0 Å². The molecular formula is C25H27F2N5O3. The highest BCUT2D eigenvalue weighted by atomic mass is 19.1. The van der Waals surface area contributed by atoms with Crippen molar-refractivity contribution in [3.8, 4) is 22.5 Å². The van der Waals surface area contributed by atoms with Gasteiger partial charge in [-0.25, -0.2) is 19.2 Å². The van der Waals surface area contributed by atoms with E-state index in [0.717, 1.165) is 0 Å². The number of rotatable bonds is 4. The zero-order chi connectivity index (χ0) is 25.2. The molecule has 0 bridgehead atoms. The lowest BCUT2D eigenvalue weighted by molar-refractivity contribution is -0.133. The Balaban J connectivity index is 1.53. The first-order chi connectivity index (χ1) is 16.6. The molecule has 8 nitrogen and oxygen atoms in total. The molecule has 2 aromatic heterocycles. The van der Waals surface area contributed by atoms with E-state index in [1.807, 2.05) is 20.8 Å². The third-order valence-corrected chi connectivity index (χ3v) is 5.55. The third-order valence-electron chi connectivity index (χ3n) is 5.55. The molecule has 10 heteroatoms. The average Bonchev–Trinajstić information content (AvgIpc) is 3.22. The van der Waals surface area contributed by atoms with Crippen molar-refractivity contribution in [2.75, 3.05) is 26.2 Å².